The van der Waals surface area contributed by atoms with E-state index in [9.17, 15) is 0 Å². The van der Waals surface area contributed by atoms with E-state index in [4.69, 9.17) is 15.3 Å². The molecule has 0 radical (unpaired) electrons. The maximum absolute atomic E-state index is 5.57. The SMILES string of the molecule is COc1cc(OC)cc(C(NN)c2cn[nH]n2)c1. The monoisotopic (exact) mass is 249 g/mol. The summed E-state index contributed by atoms with van der Waals surface area (Å²) in [7, 11) is 3.19. The first kappa shape index (κ1) is 12.3. The molecular weight excluding hydrogens is 234 g/mol. The van der Waals surface area contributed by atoms with Gasteiger partial charge in [0.05, 0.1) is 26.5 Å². The normalized spacial score (nSPS) is 12.2. The molecule has 2 rings (SSSR count). The number of hydrazine groups is 1. The predicted molar refractivity (Wildman–Crippen MR) is 65.1 cm³/mol. The number of hydrogen-bond acceptors (Lipinski definition) is 6. The fourth-order valence-electron chi connectivity index (χ4n) is 1.70. The number of aromatic amines is 1. The van der Waals surface area contributed by atoms with E-state index >= 15 is 0 Å². The van der Waals surface area contributed by atoms with Gasteiger partial charge in [0.1, 0.15) is 17.2 Å². The van der Waals surface area contributed by atoms with Gasteiger partial charge in [0, 0.05) is 6.07 Å². The molecule has 0 aliphatic heterocycles. The Bertz CT molecular complexity index is 478. The molecule has 4 N–H and O–H groups in total. The van der Waals surface area contributed by atoms with Gasteiger partial charge < -0.3 is 9.47 Å². The van der Waals surface area contributed by atoms with Crippen molar-refractivity contribution in [1.29, 1.82) is 0 Å². The molecule has 0 spiro atoms. The Hall–Kier alpha value is -2.12. The van der Waals surface area contributed by atoms with Gasteiger partial charge in [-0.1, -0.05) is 0 Å². The lowest BCUT2D eigenvalue weighted by Crippen LogP contribution is -2.29. The van der Waals surface area contributed by atoms with Crippen molar-refractivity contribution in [2.24, 2.45) is 5.84 Å². The van der Waals surface area contributed by atoms with Crippen molar-refractivity contribution in [3.63, 3.8) is 0 Å². The lowest BCUT2D eigenvalue weighted by molar-refractivity contribution is 0.392. The third-order valence-electron chi connectivity index (χ3n) is 2.60. The standard InChI is InChI=1S/C11H15N5O2/c1-17-8-3-7(4-9(5-8)18-2)11(14-12)10-6-13-16-15-10/h3-6,11,14H,12H2,1-2H3,(H,13,15,16). The van der Waals surface area contributed by atoms with Crippen LogP contribution in [-0.2, 0) is 0 Å². The maximum Gasteiger partial charge on any atom is 0.122 e. The molecule has 7 nitrogen and oxygen atoms in total. The first-order valence-corrected chi connectivity index (χ1v) is 5.33. The number of nitrogens with one attached hydrogen (secondary N) is 2. The average Bonchev–Trinajstić information content (AvgIpc) is 2.93. The molecule has 1 aromatic heterocycles. The molecule has 2 aromatic rings. The molecule has 0 saturated heterocycles. The third kappa shape index (κ3) is 2.41. The van der Waals surface area contributed by atoms with Gasteiger partial charge >= 0.3 is 0 Å². The van der Waals surface area contributed by atoms with Crippen molar-refractivity contribution in [3.8, 4) is 11.5 Å². The molecule has 18 heavy (non-hydrogen) atoms. The van der Waals surface area contributed by atoms with Gasteiger partial charge in [-0.2, -0.15) is 15.4 Å². The topological polar surface area (TPSA) is 98.1 Å². The van der Waals surface area contributed by atoms with Crippen LogP contribution in [0.2, 0.25) is 0 Å². The minimum Gasteiger partial charge on any atom is -0.497 e. The van der Waals surface area contributed by atoms with Gasteiger partial charge in [-0.05, 0) is 17.7 Å². The highest BCUT2D eigenvalue weighted by Gasteiger charge is 2.17. The van der Waals surface area contributed by atoms with E-state index in [1.54, 1.807) is 26.5 Å². The van der Waals surface area contributed by atoms with Gasteiger partial charge in [0.15, 0.2) is 0 Å². The molecule has 0 saturated carbocycles. The first-order valence-electron chi connectivity index (χ1n) is 5.33. The summed E-state index contributed by atoms with van der Waals surface area (Å²) in [5.74, 6) is 6.94. The Kier molecular flexibility index (Phi) is 3.75. The van der Waals surface area contributed by atoms with Crippen molar-refractivity contribution in [3.05, 3.63) is 35.7 Å². The van der Waals surface area contributed by atoms with Crippen LogP contribution in [0.25, 0.3) is 0 Å². The highest BCUT2D eigenvalue weighted by atomic mass is 16.5. The number of nitrogens with zero attached hydrogens (tertiary/aromatic N) is 2. The number of methoxy groups -OCH3 is 2. The Morgan fingerprint density at radius 2 is 1.89 bits per heavy atom. The van der Waals surface area contributed by atoms with E-state index in [0.717, 1.165) is 5.56 Å². The summed E-state index contributed by atoms with van der Waals surface area (Å²) >= 11 is 0. The molecule has 1 unspecified atom stereocenters. The van der Waals surface area contributed by atoms with E-state index in [1.165, 1.54) is 0 Å². The van der Waals surface area contributed by atoms with Crippen LogP contribution < -0.4 is 20.7 Å². The summed E-state index contributed by atoms with van der Waals surface area (Å²) in [5, 5.41) is 10.3. The Morgan fingerprint density at radius 3 is 2.33 bits per heavy atom. The fourth-order valence-corrected chi connectivity index (χ4v) is 1.70. The Morgan fingerprint density at radius 1 is 1.22 bits per heavy atom. The Labute approximate surface area is 104 Å². The van der Waals surface area contributed by atoms with Crippen molar-refractivity contribution in [1.82, 2.24) is 20.8 Å². The second-order valence-corrected chi connectivity index (χ2v) is 3.64. The lowest BCUT2D eigenvalue weighted by atomic mass is 10.0. The summed E-state index contributed by atoms with van der Waals surface area (Å²) in [6.45, 7) is 0. The largest absolute Gasteiger partial charge is 0.497 e. The first-order chi connectivity index (χ1) is 8.78. The average molecular weight is 249 g/mol. The van der Waals surface area contributed by atoms with Crippen molar-refractivity contribution < 1.29 is 9.47 Å². The molecule has 0 fully saturated rings. The minimum absolute atomic E-state index is 0.284. The zero-order chi connectivity index (χ0) is 13.0. The van der Waals surface area contributed by atoms with Gasteiger partial charge in [-0.3, -0.25) is 5.84 Å². The number of ether oxygens (including phenoxy) is 2. The summed E-state index contributed by atoms with van der Waals surface area (Å²) < 4.78 is 10.4. The number of benzene rings is 1. The van der Waals surface area contributed by atoms with E-state index in [2.05, 4.69) is 20.8 Å². The van der Waals surface area contributed by atoms with Crippen molar-refractivity contribution in [2.75, 3.05) is 14.2 Å². The van der Waals surface area contributed by atoms with Crippen LogP contribution in [0, 0.1) is 0 Å². The summed E-state index contributed by atoms with van der Waals surface area (Å²) in [6, 6.07) is 5.23. The predicted octanol–water partition coefficient (Wildman–Crippen LogP) is 0.375. The minimum atomic E-state index is -0.284. The number of rotatable bonds is 5. The summed E-state index contributed by atoms with van der Waals surface area (Å²) in [6.07, 6.45) is 1.61. The Balaban J connectivity index is 2.41. The zero-order valence-electron chi connectivity index (χ0n) is 10.2. The number of nitrogens with two attached hydrogens (primary N) is 1. The number of hydrogen-bond donors (Lipinski definition) is 3. The molecule has 0 bridgehead atoms. The zero-order valence-corrected chi connectivity index (χ0v) is 10.2. The van der Waals surface area contributed by atoms with Crippen molar-refractivity contribution in [2.45, 2.75) is 6.04 Å². The van der Waals surface area contributed by atoms with Crippen LogP contribution in [0.1, 0.15) is 17.3 Å². The van der Waals surface area contributed by atoms with E-state index in [0.29, 0.717) is 17.2 Å². The highest BCUT2D eigenvalue weighted by molar-refractivity contribution is 5.41. The van der Waals surface area contributed by atoms with Gasteiger partial charge in [-0.25, -0.2) is 5.43 Å². The molecular formula is C11H15N5O2. The summed E-state index contributed by atoms with van der Waals surface area (Å²) in [4.78, 5) is 0. The fraction of sp³-hybridized carbons (Fsp3) is 0.273. The van der Waals surface area contributed by atoms with E-state index in [-0.39, 0.29) is 6.04 Å². The van der Waals surface area contributed by atoms with E-state index in [1.807, 2.05) is 12.1 Å². The molecule has 7 heteroatoms. The van der Waals surface area contributed by atoms with Gasteiger partial charge in [-0.15, -0.1) is 0 Å². The molecule has 1 aromatic carbocycles. The maximum atomic E-state index is 5.57. The highest BCUT2D eigenvalue weighted by Crippen LogP contribution is 2.28. The summed E-state index contributed by atoms with van der Waals surface area (Å²) in [5.41, 5.74) is 4.25. The quantitative estimate of drug-likeness (QED) is 0.523. The van der Waals surface area contributed by atoms with Gasteiger partial charge in [0.25, 0.3) is 0 Å². The van der Waals surface area contributed by atoms with E-state index < -0.39 is 0 Å². The van der Waals surface area contributed by atoms with Crippen LogP contribution >= 0.6 is 0 Å². The van der Waals surface area contributed by atoms with Crippen LogP contribution in [-0.4, -0.2) is 29.6 Å². The second kappa shape index (κ2) is 5.48. The molecule has 1 heterocycles. The van der Waals surface area contributed by atoms with Crippen molar-refractivity contribution >= 4 is 0 Å². The number of aromatic nitrogens is 3. The molecule has 0 aliphatic carbocycles. The van der Waals surface area contributed by atoms with Gasteiger partial charge in [0.2, 0.25) is 0 Å². The van der Waals surface area contributed by atoms with Crippen LogP contribution in [0.15, 0.2) is 24.4 Å². The number of H-pyrrole nitrogens is 1. The molecule has 0 amide bonds. The van der Waals surface area contributed by atoms with Crippen LogP contribution in [0.4, 0.5) is 0 Å². The molecule has 0 aliphatic rings. The van der Waals surface area contributed by atoms with Crippen LogP contribution in [0.5, 0.6) is 11.5 Å². The third-order valence-corrected chi connectivity index (χ3v) is 2.60. The molecule has 1 atom stereocenters. The lowest BCUT2D eigenvalue weighted by Gasteiger charge is -2.15. The second-order valence-electron chi connectivity index (χ2n) is 3.64. The van der Waals surface area contributed by atoms with Crippen LogP contribution in [0.3, 0.4) is 0 Å². The molecule has 96 valence electrons. The smallest absolute Gasteiger partial charge is 0.122 e.